The Kier molecular flexibility index (Phi) is 2.79. The molecule has 1 heterocycles. The summed E-state index contributed by atoms with van der Waals surface area (Å²) in [5.41, 5.74) is 10.1. The zero-order chi connectivity index (χ0) is 10.7. The molecule has 15 heavy (non-hydrogen) atoms. The van der Waals surface area contributed by atoms with E-state index in [2.05, 4.69) is 36.2 Å². The number of rotatable bonds is 2. The van der Waals surface area contributed by atoms with Gasteiger partial charge in [-0.2, -0.15) is 0 Å². The number of nitrogens with two attached hydrogens (primary N) is 1. The van der Waals surface area contributed by atoms with Gasteiger partial charge in [-0.3, -0.25) is 4.98 Å². The summed E-state index contributed by atoms with van der Waals surface area (Å²) < 4.78 is 0. The highest BCUT2D eigenvalue weighted by Crippen LogP contribution is 2.19. The van der Waals surface area contributed by atoms with Gasteiger partial charge in [-0.25, -0.2) is 0 Å². The quantitative estimate of drug-likeness (QED) is 0.805. The maximum Gasteiger partial charge on any atom is 0.0545 e. The van der Waals surface area contributed by atoms with Crippen LogP contribution in [0.1, 0.15) is 11.3 Å². The third-order valence-corrected chi connectivity index (χ3v) is 2.41. The molecule has 0 amide bonds. The van der Waals surface area contributed by atoms with Crippen molar-refractivity contribution in [2.75, 3.05) is 0 Å². The first-order valence-electron chi connectivity index (χ1n) is 5.01. The molecule has 0 saturated heterocycles. The highest BCUT2D eigenvalue weighted by atomic mass is 14.7. The Morgan fingerprint density at radius 3 is 2.47 bits per heavy atom. The zero-order valence-electron chi connectivity index (χ0n) is 8.77. The Hall–Kier alpha value is -1.67. The summed E-state index contributed by atoms with van der Waals surface area (Å²) in [7, 11) is 0. The normalized spacial score (nSPS) is 10.3. The van der Waals surface area contributed by atoms with Crippen LogP contribution in [0.2, 0.25) is 0 Å². The van der Waals surface area contributed by atoms with Gasteiger partial charge in [-0.1, -0.05) is 29.8 Å². The van der Waals surface area contributed by atoms with Crippen LogP contribution in [0.15, 0.2) is 42.6 Å². The van der Waals surface area contributed by atoms with Crippen molar-refractivity contribution < 1.29 is 0 Å². The van der Waals surface area contributed by atoms with Crippen molar-refractivity contribution in [2.45, 2.75) is 13.5 Å². The molecule has 0 atom stereocenters. The van der Waals surface area contributed by atoms with Crippen LogP contribution in [-0.4, -0.2) is 4.98 Å². The van der Waals surface area contributed by atoms with Crippen LogP contribution in [0.3, 0.4) is 0 Å². The van der Waals surface area contributed by atoms with E-state index in [1.807, 2.05) is 12.1 Å². The van der Waals surface area contributed by atoms with Crippen LogP contribution in [0.25, 0.3) is 11.1 Å². The van der Waals surface area contributed by atoms with Gasteiger partial charge in [0, 0.05) is 12.7 Å². The van der Waals surface area contributed by atoms with Gasteiger partial charge in [0.15, 0.2) is 0 Å². The second-order valence-corrected chi connectivity index (χ2v) is 3.61. The molecule has 2 rings (SSSR count). The third-order valence-electron chi connectivity index (χ3n) is 2.41. The summed E-state index contributed by atoms with van der Waals surface area (Å²) in [6.07, 6.45) is 1.80. The fourth-order valence-electron chi connectivity index (χ4n) is 1.52. The van der Waals surface area contributed by atoms with Crippen molar-refractivity contribution in [3.63, 3.8) is 0 Å². The van der Waals surface area contributed by atoms with Crippen LogP contribution in [-0.2, 0) is 6.54 Å². The lowest BCUT2D eigenvalue weighted by atomic mass is 10.0. The van der Waals surface area contributed by atoms with E-state index in [0.717, 1.165) is 5.69 Å². The van der Waals surface area contributed by atoms with Gasteiger partial charge in [-0.15, -0.1) is 0 Å². The standard InChI is InChI=1S/C13H14N2/c1-10-2-4-11(5-3-10)12-6-7-15-13(8-12)9-14/h2-8H,9,14H2,1H3. The molecule has 0 fully saturated rings. The van der Waals surface area contributed by atoms with E-state index in [4.69, 9.17) is 5.73 Å². The van der Waals surface area contributed by atoms with Gasteiger partial charge < -0.3 is 5.73 Å². The van der Waals surface area contributed by atoms with Gasteiger partial charge in [0.25, 0.3) is 0 Å². The molecule has 1 aromatic carbocycles. The Bertz CT molecular complexity index is 446. The topological polar surface area (TPSA) is 38.9 Å². The van der Waals surface area contributed by atoms with Gasteiger partial charge >= 0.3 is 0 Å². The van der Waals surface area contributed by atoms with Gasteiger partial charge in [0.2, 0.25) is 0 Å². The van der Waals surface area contributed by atoms with Crippen LogP contribution in [0.5, 0.6) is 0 Å². The first kappa shape index (κ1) is 9.87. The molecule has 2 N–H and O–H groups in total. The average Bonchev–Trinajstić information content (AvgIpc) is 2.30. The van der Waals surface area contributed by atoms with Crippen molar-refractivity contribution in [1.82, 2.24) is 4.98 Å². The molecule has 0 bridgehead atoms. The van der Waals surface area contributed by atoms with E-state index in [1.165, 1.54) is 16.7 Å². The summed E-state index contributed by atoms with van der Waals surface area (Å²) in [5.74, 6) is 0. The predicted molar refractivity (Wildman–Crippen MR) is 62.3 cm³/mol. The molecule has 0 radical (unpaired) electrons. The van der Waals surface area contributed by atoms with Crippen LogP contribution in [0, 0.1) is 6.92 Å². The van der Waals surface area contributed by atoms with Crippen molar-refractivity contribution in [3.05, 3.63) is 53.9 Å². The Morgan fingerprint density at radius 2 is 1.80 bits per heavy atom. The molecule has 2 nitrogen and oxygen atoms in total. The summed E-state index contributed by atoms with van der Waals surface area (Å²) >= 11 is 0. The third kappa shape index (κ3) is 2.22. The predicted octanol–water partition coefficient (Wildman–Crippen LogP) is 2.52. The summed E-state index contributed by atoms with van der Waals surface area (Å²) in [4.78, 5) is 4.18. The fourth-order valence-corrected chi connectivity index (χ4v) is 1.52. The van der Waals surface area contributed by atoms with Gasteiger partial charge in [-0.05, 0) is 30.2 Å². The van der Waals surface area contributed by atoms with Crippen molar-refractivity contribution >= 4 is 0 Å². The average molecular weight is 198 g/mol. The molecule has 76 valence electrons. The summed E-state index contributed by atoms with van der Waals surface area (Å²) in [6, 6.07) is 12.5. The molecule has 2 aromatic rings. The lowest BCUT2D eigenvalue weighted by molar-refractivity contribution is 0.991. The second kappa shape index (κ2) is 4.24. The molecule has 0 unspecified atom stereocenters. The fraction of sp³-hybridized carbons (Fsp3) is 0.154. The molecule has 0 aliphatic carbocycles. The first-order chi connectivity index (χ1) is 7.29. The SMILES string of the molecule is Cc1ccc(-c2ccnc(CN)c2)cc1. The van der Waals surface area contributed by atoms with E-state index in [-0.39, 0.29) is 0 Å². The lowest BCUT2D eigenvalue weighted by Gasteiger charge is -2.03. The Labute approximate surface area is 89.8 Å². The Balaban J connectivity index is 2.40. The van der Waals surface area contributed by atoms with Gasteiger partial charge in [0.05, 0.1) is 5.69 Å². The number of hydrogen-bond acceptors (Lipinski definition) is 2. The number of pyridine rings is 1. The molecule has 0 aliphatic rings. The molecule has 0 spiro atoms. The number of aromatic nitrogens is 1. The second-order valence-electron chi connectivity index (χ2n) is 3.61. The molecular weight excluding hydrogens is 184 g/mol. The van der Waals surface area contributed by atoms with Crippen molar-refractivity contribution in [3.8, 4) is 11.1 Å². The number of nitrogens with zero attached hydrogens (tertiary/aromatic N) is 1. The van der Waals surface area contributed by atoms with E-state index in [1.54, 1.807) is 6.20 Å². The minimum atomic E-state index is 0.486. The highest BCUT2D eigenvalue weighted by molar-refractivity contribution is 5.63. The van der Waals surface area contributed by atoms with Crippen LogP contribution in [0.4, 0.5) is 0 Å². The van der Waals surface area contributed by atoms with Gasteiger partial charge in [0.1, 0.15) is 0 Å². The molecule has 1 aromatic heterocycles. The Morgan fingerprint density at radius 1 is 1.07 bits per heavy atom. The van der Waals surface area contributed by atoms with E-state index < -0.39 is 0 Å². The summed E-state index contributed by atoms with van der Waals surface area (Å²) in [5, 5.41) is 0. The molecular formula is C13H14N2. The molecule has 0 saturated carbocycles. The number of hydrogen-bond donors (Lipinski definition) is 1. The van der Waals surface area contributed by atoms with E-state index in [0.29, 0.717) is 6.54 Å². The zero-order valence-corrected chi connectivity index (χ0v) is 8.77. The van der Waals surface area contributed by atoms with Crippen LogP contribution < -0.4 is 5.73 Å². The lowest BCUT2D eigenvalue weighted by Crippen LogP contribution is -1.98. The number of benzene rings is 1. The van der Waals surface area contributed by atoms with E-state index >= 15 is 0 Å². The van der Waals surface area contributed by atoms with Crippen LogP contribution >= 0.6 is 0 Å². The summed E-state index contributed by atoms with van der Waals surface area (Å²) in [6.45, 7) is 2.57. The minimum absolute atomic E-state index is 0.486. The largest absolute Gasteiger partial charge is 0.325 e. The first-order valence-corrected chi connectivity index (χ1v) is 5.01. The number of aryl methyl sites for hydroxylation is 1. The maximum absolute atomic E-state index is 5.56. The van der Waals surface area contributed by atoms with E-state index in [9.17, 15) is 0 Å². The smallest absolute Gasteiger partial charge is 0.0545 e. The minimum Gasteiger partial charge on any atom is -0.325 e. The monoisotopic (exact) mass is 198 g/mol. The maximum atomic E-state index is 5.56. The van der Waals surface area contributed by atoms with Crippen molar-refractivity contribution in [2.24, 2.45) is 5.73 Å². The molecule has 0 aliphatic heterocycles. The highest BCUT2D eigenvalue weighted by Gasteiger charge is 1.98. The van der Waals surface area contributed by atoms with Crippen molar-refractivity contribution in [1.29, 1.82) is 0 Å². The molecule has 2 heteroatoms.